The van der Waals surface area contributed by atoms with Gasteiger partial charge in [0, 0.05) is 23.4 Å². The maximum atomic E-state index is 12.0. The van der Waals surface area contributed by atoms with Crippen molar-refractivity contribution in [1.82, 2.24) is 4.90 Å². The van der Waals surface area contributed by atoms with E-state index in [1.165, 1.54) is 0 Å². The first-order chi connectivity index (χ1) is 8.25. The van der Waals surface area contributed by atoms with Crippen LogP contribution in [0.25, 0.3) is 5.70 Å². The Morgan fingerprint density at radius 2 is 1.94 bits per heavy atom. The van der Waals surface area contributed by atoms with Crippen LogP contribution in [0.5, 0.6) is 0 Å². The van der Waals surface area contributed by atoms with Gasteiger partial charge < -0.3 is 14.7 Å². The Balaban J connectivity index is 2.03. The summed E-state index contributed by atoms with van der Waals surface area (Å²) in [4.78, 5) is 13.6. The molecule has 0 atom stereocenters. The van der Waals surface area contributed by atoms with Gasteiger partial charge in [-0.05, 0) is 6.07 Å². The maximum Gasteiger partial charge on any atom is 0.259 e. The standard InChI is InChI=1S/C13H15NO3/c1-10-11-4-2-3-5-12(11)13(16)14(10)6-8-17-9-7-15/h2-5,15H,1,6-9H2. The number of nitrogens with zero attached hydrogens (tertiary/aromatic N) is 1. The molecule has 0 aromatic heterocycles. The molecule has 2 rings (SSSR count). The molecule has 0 spiro atoms. The van der Waals surface area contributed by atoms with Crippen molar-refractivity contribution in [3.8, 4) is 0 Å². The number of rotatable bonds is 5. The molecule has 0 saturated carbocycles. The number of hydrogen-bond acceptors (Lipinski definition) is 3. The SMILES string of the molecule is C=C1c2ccccc2C(=O)N1CCOCCO. The fraction of sp³-hybridized carbons (Fsp3) is 0.308. The summed E-state index contributed by atoms with van der Waals surface area (Å²) in [5.41, 5.74) is 2.30. The Morgan fingerprint density at radius 3 is 2.59 bits per heavy atom. The Bertz CT molecular complexity index is 407. The summed E-state index contributed by atoms with van der Waals surface area (Å²) in [5.74, 6) is -0.0294. The van der Waals surface area contributed by atoms with Crippen LogP contribution in [0.3, 0.4) is 0 Å². The Labute approximate surface area is 100 Å². The summed E-state index contributed by atoms with van der Waals surface area (Å²) in [6, 6.07) is 7.43. The zero-order valence-corrected chi connectivity index (χ0v) is 9.56. The minimum atomic E-state index is -0.0294. The van der Waals surface area contributed by atoms with Crippen molar-refractivity contribution >= 4 is 11.6 Å². The summed E-state index contributed by atoms with van der Waals surface area (Å²) in [5, 5.41) is 8.58. The molecule has 4 heteroatoms. The number of carbonyl (C=O) groups is 1. The molecule has 1 aliphatic rings. The molecule has 1 heterocycles. The normalized spacial score (nSPS) is 14.3. The van der Waals surface area contributed by atoms with Crippen molar-refractivity contribution in [2.45, 2.75) is 0 Å². The van der Waals surface area contributed by atoms with E-state index in [0.717, 1.165) is 11.3 Å². The van der Waals surface area contributed by atoms with Gasteiger partial charge >= 0.3 is 0 Å². The highest BCUT2D eigenvalue weighted by Crippen LogP contribution is 2.30. The van der Waals surface area contributed by atoms with Gasteiger partial charge in [0.1, 0.15) is 0 Å². The van der Waals surface area contributed by atoms with Gasteiger partial charge in [-0.1, -0.05) is 24.8 Å². The van der Waals surface area contributed by atoms with E-state index in [-0.39, 0.29) is 12.5 Å². The predicted octanol–water partition coefficient (Wildman–Crippen LogP) is 1.12. The number of benzene rings is 1. The van der Waals surface area contributed by atoms with Crippen LogP contribution in [0.2, 0.25) is 0 Å². The van der Waals surface area contributed by atoms with E-state index in [2.05, 4.69) is 6.58 Å². The second-order valence-electron chi connectivity index (χ2n) is 3.79. The topological polar surface area (TPSA) is 49.8 Å². The van der Waals surface area contributed by atoms with Crippen molar-refractivity contribution in [3.63, 3.8) is 0 Å². The number of aliphatic hydroxyl groups is 1. The summed E-state index contributed by atoms with van der Waals surface area (Å²) >= 11 is 0. The number of carbonyl (C=O) groups excluding carboxylic acids is 1. The van der Waals surface area contributed by atoms with Gasteiger partial charge in [-0.3, -0.25) is 4.79 Å². The van der Waals surface area contributed by atoms with Gasteiger partial charge in [-0.2, -0.15) is 0 Å². The van der Waals surface area contributed by atoms with Gasteiger partial charge in [-0.15, -0.1) is 0 Å². The lowest BCUT2D eigenvalue weighted by atomic mass is 10.1. The van der Waals surface area contributed by atoms with Crippen LogP contribution in [-0.2, 0) is 4.74 Å². The van der Waals surface area contributed by atoms with E-state index in [9.17, 15) is 4.79 Å². The first-order valence-corrected chi connectivity index (χ1v) is 5.54. The lowest BCUT2D eigenvalue weighted by Crippen LogP contribution is -2.27. The third kappa shape index (κ3) is 2.23. The minimum Gasteiger partial charge on any atom is -0.394 e. The van der Waals surface area contributed by atoms with E-state index in [1.807, 2.05) is 18.2 Å². The van der Waals surface area contributed by atoms with Crippen LogP contribution < -0.4 is 0 Å². The van der Waals surface area contributed by atoms with Crippen molar-refractivity contribution in [1.29, 1.82) is 0 Å². The summed E-state index contributed by atoms with van der Waals surface area (Å²) in [7, 11) is 0. The monoisotopic (exact) mass is 233 g/mol. The van der Waals surface area contributed by atoms with Gasteiger partial charge in [0.15, 0.2) is 0 Å². The molecule has 1 amide bonds. The molecular weight excluding hydrogens is 218 g/mol. The van der Waals surface area contributed by atoms with Crippen LogP contribution in [0.15, 0.2) is 30.8 Å². The fourth-order valence-corrected chi connectivity index (χ4v) is 1.89. The van der Waals surface area contributed by atoms with Crippen LogP contribution in [-0.4, -0.2) is 42.3 Å². The van der Waals surface area contributed by atoms with Crippen LogP contribution in [0.1, 0.15) is 15.9 Å². The average molecular weight is 233 g/mol. The second kappa shape index (κ2) is 5.12. The summed E-state index contributed by atoms with van der Waals surface area (Å²) in [6.45, 7) is 5.08. The average Bonchev–Trinajstić information content (AvgIpc) is 2.60. The molecule has 4 nitrogen and oxygen atoms in total. The highest BCUT2D eigenvalue weighted by Gasteiger charge is 2.29. The van der Waals surface area contributed by atoms with Crippen molar-refractivity contribution in [2.24, 2.45) is 0 Å². The molecule has 0 radical (unpaired) electrons. The Kier molecular flexibility index (Phi) is 3.56. The Hall–Kier alpha value is -1.65. The van der Waals surface area contributed by atoms with Gasteiger partial charge in [0.2, 0.25) is 0 Å². The predicted molar refractivity (Wildman–Crippen MR) is 64.4 cm³/mol. The number of aliphatic hydroxyl groups excluding tert-OH is 1. The zero-order valence-electron chi connectivity index (χ0n) is 9.56. The third-order valence-corrected chi connectivity index (χ3v) is 2.73. The smallest absolute Gasteiger partial charge is 0.259 e. The lowest BCUT2D eigenvalue weighted by molar-refractivity contribution is 0.0686. The molecular formula is C13H15NO3. The number of ether oxygens (including phenoxy) is 1. The molecule has 1 aromatic rings. The molecule has 0 unspecified atom stereocenters. The first-order valence-electron chi connectivity index (χ1n) is 5.54. The van der Waals surface area contributed by atoms with E-state index in [0.29, 0.717) is 25.3 Å². The molecule has 1 N–H and O–H groups in total. The third-order valence-electron chi connectivity index (χ3n) is 2.73. The molecule has 0 bridgehead atoms. The number of hydrogen-bond donors (Lipinski definition) is 1. The number of fused-ring (bicyclic) bond motifs is 1. The van der Waals surface area contributed by atoms with E-state index >= 15 is 0 Å². The zero-order chi connectivity index (χ0) is 12.3. The van der Waals surface area contributed by atoms with Crippen molar-refractivity contribution in [3.05, 3.63) is 42.0 Å². The minimum absolute atomic E-state index is 0.00484. The summed E-state index contributed by atoms with van der Waals surface area (Å²) < 4.78 is 5.16. The molecule has 0 aliphatic carbocycles. The molecule has 17 heavy (non-hydrogen) atoms. The molecule has 90 valence electrons. The van der Waals surface area contributed by atoms with Gasteiger partial charge in [0.05, 0.1) is 19.8 Å². The van der Waals surface area contributed by atoms with Gasteiger partial charge in [0.25, 0.3) is 5.91 Å². The van der Waals surface area contributed by atoms with E-state index in [1.54, 1.807) is 11.0 Å². The van der Waals surface area contributed by atoms with E-state index in [4.69, 9.17) is 9.84 Å². The largest absolute Gasteiger partial charge is 0.394 e. The first kappa shape index (κ1) is 11.8. The molecule has 1 aromatic carbocycles. The van der Waals surface area contributed by atoms with Crippen LogP contribution in [0, 0.1) is 0 Å². The summed E-state index contributed by atoms with van der Waals surface area (Å²) in [6.07, 6.45) is 0. The highest BCUT2D eigenvalue weighted by atomic mass is 16.5. The maximum absolute atomic E-state index is 12.0. The molecule has 0 saturated heterocycles. The van der Waals surface area contributed by atoms with E-state index < -0.39 is 0 Å². The Morgan fingerprint density at radius 1 is 1.24 bits per heavy atom. The number of amides is 1. The lowest BCUT2D eigenvalue weighted by Gasteiger charge is -2.17. The quantitative estimate of drug-likeness (QED) is 0.775. The highest BCUT2D eigenvalue weighted by molar-refractivity contribution is 6.08. The van der Waals surface area contributed by atoms with Crippen LogP contribution in [0.4, 0.5) is 0 Å². The molecule has 1 aliphatic heterocycles. The fourth-order valence-electron chi connectivity index (χ4n) is 1.89. The second-order valence-corrected chi connectivity index (χ2v) is 3.79. The molecule has 0 fully saturated rings. The van der Waals surface area contributed by atoms with Gasteiger partial charge in [-0.25, -0.2) is 0 Å². The van der Waals surface area contributed by atoms with Crippen molar-refractivity contribution in [2.75, 3.05) is 26.4 Å². The van der Waals surface area contributed by atoms with Crippen LogP contribution >= 0.6 is 0 Å². The van der Waals surface area contributed by atoms with Crippen molar-refractivity contribution < 1.29 is 14.6 Å².